The predicted octanol–water partition coefficient (Wildman–Crippen LogP) is 0.369. The van der Waals surface area contributed by atoms with Gasteiger partial charge in [-0.3, -0.25) is 4.79 Å². The van der Waals surface area contributed by atoms with Crippen molar-refractivity contribution in [2.24, 2.45) is 0 Å². The first-order valence-corrected chi connectivity index (χ1v) is 7.47. The fourth-order valence-electron chi connectivity index (χ4n) is 1.53. The Bertz CT molecular complexity index is 578. The lowest BCUT2D eigenvalue weighted by Gasteiger charge is -2.19. The first-order chi connectivity index (χ1) is 8.44. The molecular weight excluding hydrogens is 283 g/mol. The second kappa shape index (κ2) is 4.82. The summed E-state index contributed by atoms with van der Waals surface area (Å²) < 4.78 is 38.4. The number of nitrogens with zero attached hydrogens (tertiary/aromatic N) is 2. The van der Waals surface area contributed by atoms with E-state index in [0.717, 1.165) is 28.3 Å². The molecule has 0 bridgehead atoms. The molecule has 1 saturated heterocycles. The zero-order valence-corrected chi connectivity index (χ0v) is 10.6. The van der Waals surface area contributed by atoms with E-state index >= 15 is 0 Å². The van der Waals surface area contributed by atoms with E-state index in [1.54, 1.807) is 0 Å². The summed E-state index contributed by atoms with van der Waals surface area (Å²) in [6.45, 7) is 0. The minimum absolute atomic E-state index is 0.0185. The van der Waals surface area contributed by atoms with Gasteiger partial charge in [0.25, 0.3) is 10.0 Å². The van der Waals surface area contributed by atoms with Crippen molar-refractivity contribution in [1.29, 1.82) is 0 Å². The average Bonchev–Trinajstić information content (AvgIpc) is 2.78. The van der Waals surface area contributed by atoms with Gasteiger partial charge in [-0.15, -0.1) is 11.8 Å². The number of carbonyl (C=O) groups is 1. The third-order valence-electron chi connectivity index (χ3n) is 2.40. The number of halogens is 1. The monoisotopic (exact) mass is 292 g/mol. The van der Waals surface area contributed by atoms with Gasteiger partial charge in [-0.1, -0.05) is 0 Å². The van der Waals surface area contributed by atoms with Gasteiger partial charge in [-0.25, -0.2) is 17.8 Å². The van der Waals surface area contributed by atoms with Crippen LogP contribution < -0.4 is 0 Å². The molecule has 1 aliphatic rings. The summed E-state index contributed by atoms with van der Waals surface area (Å²) in [4.78, 5) is 14.4. The summed E-state index contributed by atoms with van der Waals surface area (Å²) in [5, 5.41) is 8.19. The van der Waals surface area contributed by atoms with E-state index in [9.17, 15) is 17.6 Å². The number of aliphatic carboxylic acids is 1. The van der Waals surface area contributed by atoms with E-state index < -0.39 is 32.9 Å². The van der Waals surface area contributed by atoms with Crippen molar-refractivity contribution in [1.82, 2.24) is 9.29 Å². The maximum absolute atomic E-state index is 13.4. The van der Waals surface area contributed by atoms with Gasteiger partial charge >= 0.3 is 5.97 Å². The van der Waals surface area contributed by atoms with E-state index in [1.807, 2.05) is 0 Å². The maximum atomic E-state index is 13.4. The summed E-state index contributed by atoms with van der Waals surface area (Å²) in [5.41, 5.74) is 0. The molecule has 2 heterocycles. The van der Waals surface area contributed by atoms with Crippen molar-refractivity contribution in [3.8, 4) is 0 Å². The second-order valence-electron chi connectivity index (χ2n) is 3.54. The van der Waals surface area contributed by atoms with Crippen molar-refractivity contribution in [3.05, 3.63) is 24.1 Å². The van der Waals surface area contributed by atoms with Crippen LogP contribution in [0.15, 0.2) is 23.4 Å². The molecule has 18 heavy (non-hydrogen) atoms. The lowest BCUT2D eigenvalue weighted by molar-refractivity contribution is -0.140. The van der Waals surface area contributed by atoms with Gasteiger partial charge in [0, 0.05) is 11.9 Å². The highest BCUT2D eigenvalue weighted by atomic mass is 32.2. The molecule has 0 aromatic carbocycles. The fourth-order valence-corrected chi connectivity index (χ4v) is 4.65. The van der Waals surface area contributed by atoms with E-state index in [1.165, 1.54) is 6.07 Å². The number of thioether (sulfide) groups is 1. The van der Waals surface area contributed by atoms with Crippen LogP contribution in [0.1, 0.15) is 0 Å². The van der Waals surface area contributed by atoms with Gasteiger partial charge in [0.15, 0.2) is 5.82 Å². The zero-order valence-electron chi connectivity index (χ0n) is 8.98. The number of aromatic nitrogens is 1. The molecule has 1 fully saturated rings. The SMILES string of the molecule is O=C(O)C1CSCN1S(=O)(=O)c1ncccc1F. The van der Waals surface area contributed by atoms with Crippen LogP contribution in [0.5, 0.6) is 0 Å². The number of carboxylic acids is 1. The normalized spacial score (nSPS) is 21.1. The Balaban J connectivity index is 2.43. The Morgan fingerprint density at radius 2 is 2.33 bits per heavy atom. The largest absolute Gasteiger partial charge is 0.480 e. The minimum atomic E-state index is -4.22. The molecule has 0 radical (unpaired) electrons. The van der Waals surface area contributed by atoms with E-state index in [0.29, 0.717) is 0 Å². The molecule has 1 atom stereocenters. The van der Waals surface area contributed by atoms with Crippen LogP contribution in [0.25, 0.3) is 0 Å². The molecule has 9 heteroatoms. The highest BCUT2D eigenvalue weighted by molar-refractivity contribution is 8.00. The Kier molecular flexibility index (Phi) is 3.55. The molecule has 1 aliphatic heterocycles. The third kappa shape index (κ3) is 2.20. The number of carboxylic acid groups (broad SMARTS) is 1. The highest BCUT2D eigenvalue weighted by Gasteiger charge is 2.41. The molecular formula is C9H9FN2O4S2. The van der Waals surface area contributed by atoms with Crippen LogP contribution in [0.3, 0.4) is 0 Å². The van der Waals surface area contributed by atoms with Gasteiger partial charge in [-0.2, -0.15) is 4.31 Å². The molecule has 1 N–H and O–H groups in total. The average molecular weight is 292 g/mol. The van der Waals surface area contributed by atoms with Crippen molar-refractivity contribution >= 4 is 27.8 Å². The number of pyridine rings is 1. The molecule has 2 rings (SSSR count). The zero-order chi connectivity index (χ0) is 13.3. The summed E-state index contributed by atoms with van der Waals surface area (Å²) in [7, 11) is -4.22. The van der Waals surface area contributed by atoms with E-state index in [4.69, 9.17) is 5.11 Å². The van der Waals surface area contributed by atoms with Crippen LogP contribution in [0.4, 0.5) is 4.39 Å². The fraction of sp³-hybridized carbons (Fsp3) is 0.333. The summed E-state index contributed by atoms with van der Waals surface area (Å²) in [6, 6.07) is 1.06. The minimum Gasteiger partial charge on any atom is -0.480 e. The Hall–Kier alpha value is -1.19. The third-order valence-corrected chi connectivity index (χ3v) is 5.37. The molecule has 0 aliphatic carbocycles. The first kappa shape index (κ1) is 13.2. The van der Waals surface area contributed by atoms with E-state index in [-0.39, 0.29) is 11.6 Å². The Morgan fingerprint density at radius 3 is 2.94 bits per heavy atom. The lowest BCUT2D eigenvalue weighted by Crippen LogP contribution is -2.42. The first-order valence-electron chi connectivity index (χ1n) is 4.87. The number of hydrogen-bond donors (Lipinski definition) is 1. The standard InChI is InChI=1S/C9H9FN2O4S2/c10-6-2-1-3-11-8(6)18(15,16)12-5-17-4-7(12)9(13)14/h1-3,7H,4-5H2,(H,13,14). The predicted molar refractivity (Wildman–Crippen MR) is 62.0 cm³/mol. The van der Waals surface area contributed by atoms with Crippen LogP contribution in [-0.4, -0.2) is 46.5 Å². The lowest BCUT2D eigenvalue weighted by atomic mass is 10.4. The molecule has 98 valence electrons. The van der Waals surface area contributed by atoms with Crippen molar-refractivity contribution in [2.75, 3.05) is 11.6 Å². The molecule has 1 aromatic heterocycles. The maximum Gasteiger partial charge on any atom is 0.322 e. The smallest absolute Gasteiger partial charge is 0.322 e. The van der Waals surface area contributed by atoms with Gasteiger partial charge in [0.1, 0.15) is 6.04 Å². The van der Waals surface area contributed by atoms with Crippen molar-refractivity contribution < 1.29 is 22.7 Å². The summed E-state index contributed by atoms with van der Waals surface area (Å²) >= 11 is 1.16. The highest BCUT2D eigenvalue weighted by Crippen LogP contribution is 2.28. The van der Waals surface area contributed by atoms with Crippen LogP contribution in [-0.2, 0) is 14.8 Å². The van der Waals surface area contributed by atoms with Crippen LogP contribution in [0, 0.1) is 5.82 Å². The number of sulfonamides is 1. The Morgan fingerprint density at radius 1 is 1.61 bits per heavy atom. The van der Waals surface area contributed by atoms with Gasteiger partial charge in [-0.05, 0) is 12.1 Å². The molecule has 1 unspecified atom stereocenters. The number of rotatable bonds is 3. The number of hydrogen-bond acceptors (Lipinski definition) is 5. The van der Waals surface area contributed by atoms with Gasteiger partial charge < -0.3 is 5.11 Å². The van der Waals surface area contributed by atoms with E-state index in [2.05, 4.69) is 4.98 Å². The quantitative estimate of drug-likeness (QED) is 0.866. The molecule has 0 saturated carbocycles. The second-order valence-corrected chi connectivity index (χ2v) is 6.34. The van der Waals surface area contributed by atoms with Gasteiger partial charge in [0.2, 0.25) is 5.03 Å². The van der Waals surface area contributed by atoms with Crippen molar-refractivity contribution in [3.63, 3.8) is 0 Å². The van der Waals surface area contributed by atoms with Crippen molar-refractivity contribution in [2.45, 2.75) is 11.1 Å². The molecule has 0 amide bonds. The van der Waals surface area contributed by atoms with Gasteiger partial charge in [0.05, 0.1) is 5.88 Å². The Labute approximate surface area is 107 Å². The summed E-state index contributed by atoms with van der Waals surface area (Å²) in [6.07, 6.45) is 1.15. The molecule has 1 aromatic rings. The molecule has 0 spiro atoms. The topological polar surface area (TPSA) is 87.6 Å². The summed E-state index contributed by atoms with van der Waals surface area (Å²) in [5.74, 6) is -2.11. The van der Waals surface area contributed by atoms with Crippen LogP contribution >= 0.6 is 11.8 Å². The molecule has 6 nitrogen and oxygen atoms in total. The van der Waals surface area contributed by atoms with Crippen LogP contribution in [0.2, 0.25) is 0 Å².